The molecule has 0 aliphatic rings. The first-order valence-electron chi connectivity index (χ1n) is 5.24. The van der Waals surface area contributed by atoms with Crippen molar-refractivity contribution in [2.24, 2.45) is 12.8 Å². The molecule has 0 aliphatic heterocycles. The van der Waals surface area contributed by atoms with Crippen LogP contribution in [-0.2, 0) is 18.9 Å². The highest BCUT2D eigenvalue weighted by atomic mass is 16.3. The second-order valence-corrected chi connectivity index (χ2v) is 5.07. The van der Waals surface area contributed by atoms with Crippen LogP contribution in [0.1, 0.15) is 32.0 Å². The van der Waals surface area contributed by atoms with Crippen molar-refractivity contribution >= 4 is 0 Å². The van der Waals surface area contributed by atoms with Crippen LogP contribution in [0.3, 0.4) is 0 Å². The zero-order valence-electron chi connectivity index (χ0n) is 9.99. The summed E-state index contributed by atoms with van der Waals surface area (Å²) in [5, 5.41) is 13.4. The molecule has 0 fully saturated rings. The predicted octanol–water partition coefficient (Wildman–Crippen LogP) is 0.580. The Balaban J connectivity index is 2.96. The second kappa shape index (κ2) is 4.33. The molecule has 0 bridgehead atoms. The zero-order valence-corrected chi connectivity index (χ0v) is 9.99. The quantitative estimate of drug-likeness (QED) is 0.768. The van der Waals surface area contributed by atoms with E-state index in [-0.39, 0.29) is 18.1 Å². The van der Waals surface area contributed by atoms with Gasteiger partial charge in [-0.1, -0.05) is 20.8 Å². The summed E-state index contributed by atoms with van der Waals surface area (Å²) in [5.74, 6) is 0. The van der Waals surface area contributed by atoms with Crippen molar-refractivity contribution in [3.63, 3.8) is 0 Å². The minimum atomic E-state index is -0.199. The maximum absolute atomic E-state index is 8.94. The lowest BCUT2D eigenvalue weighted by Gasteiger charge is -2.18. The molecule has 0 saturated carbocycles. The normalized spacial score (nSPS) is 14.3. The van der Waals surface area contributed by atoms with Gasteiger partial charge in [-0.15, -0.1) is 0 Å². The topological polar surface area (TPSA) is 64.1 Å². The summed E-state index contributed by atoms with van der Waals surface area (Å²) in [6.45, 7) is 6.40. The average Bonchev–Trinajstić information content (AvgIpc) is 2.45. The van der Waals surface area contributed by atoms with E-state index in [1.807, 2.05) is 13.2 Å². The fourth-order valence-corrected chi connectivity index (χ4v) is 1.67. The predicted molar refractivity (Wildman–Crippen MR) is 60.7 cm³/mol. The van der Waals surface area contributed by atoms with Crippen LogP contribution in [-0.4, -0.2) is 27.5 Å². The Morgan fingerprint density at radius 2 is 2.13 bits per heavy atom. The summed E-state index contributed by atoms with van der Waals surface area (Å²) < 4.78 is 1.81. The van der Waals surface area contributed by atoms with Crippen LogP contribution in [0.4, 0.5) is 0 Å². The maximum Gasteiger partial charge on any atom is 0.0710 e. The van der Waals surface area contributed by atoms with Gasteiger partial charge in [-0.3, -0.25) is 4.68 Å². The Morgan fingerprint density at radius 1 is 1.53 bits per heavy atom. The molecular weight excluding hydrogens is 190 g/mol. The van der Waals surface area contributed by atoms with Crippen LogP contribution in [0.2, 0.25) is 0 Å². The Kier molecular flexibility index (Phi) is 3.52. The van der Waals surface area contributed by atoms with Gasteiger partial charge in [0.25, 0.3) is 0 Å². The van der Waals surface area contributed by atoms with Crippen LogP contribution in [0.15, 0.2) is 6.20 Å². The number of rotatable bonds is 3. The van der Waals surface area contributed by atoms with Gasteiger partial charge in [0.1, 0.15) is 0 Å². The van der Waals surface area contributed by atoms with Crippen molar-refractivity contribution in [2.75, 3.05) is 6.61 Å². The summed E-state index contributed by atoms with van der Waals surface area (Å²) >= 11 is 0. The van der Waals surface area contributed by atoms with Crippen molar-refractivity contribution < 1.29 is 5.11 Å². The lowest BCUT2D eigenvalue weighted by molar-refractivity contribution is 0.265. The first-order chi connectivity index (χ1) is 6.84. The molecule has 1 unspecified atom stereocenters. The van der Waals surface area contributed by atoms with Crippen LogP contribution in [0.25, 0.3) is 0 Å². The van der Waals surface area contributed by atoms with Gasteiger partial charge < -0.3 is 10.8 Å². The van der Waals surface area contributed by atoms with Crippen molar-refractivity contribution in [3.8, 4) is 0 Å². The molecule has 0 aromatic carbocycles. The molecule has 4 nitrogen and oxygen atoms in total. The van der Waals surface area contributed by atoms with Crippen molar-refractivity contribution in [2.45, 2.75) is 38.6 Å². The number of nitrogens with zero attached hydrogens (tertiary/aromatic N) is 2. The molecule has 4 heteroatoms. The van der Waals surface area contributed by atoms with E-state index in [0.717, 1.165) is 11.3 Å². The second-order valence-electron chi connectivity index (χ2n) is 5.07. The van der Waals surface area contributed by atoms with E-state index in [1.165, 1.54) is 0 Å². The van der Waals surface area contributed by atoms with E-state index in [4.69, 9.17) is 10.8 Å². The molecule has 1 rings (SSSR count). The largest absolute Gasteiger partial charge is 0.395 e. The van der Waals surface area contributed by atoms with E-state index in [1.54, 1.807) is 4.68 Å². The Bertz CT molecular complexity index is 325. The van der Waals surface area contributed by atoms with Crippen LogP contribution in [0, 0.1) is 0 Å². The fourth-order valence-electron chi connectivity index (χ4n) is 1.67. The number of aliphatic hydroxyl groups excluding tert-OH is 1. The van der Waals surface area contributed by atoms with Gasteiger partial charge in [0.15, 0.2) is 0 Å². The molecule has 0 amide bonds. The summed E-state index contributed by atoms with van der Waals surface area (Å²) in [6, 6.07) is -0.199. The van der Waals surface area contributed by atoms with Crippen LogP contribution < -0.4 is 5.73 Å². The minimum absolute atomic E-state index is 0.0124. The molecule has 3 N–H and O–H groups in total. The Hall–Kier alpha value is -0.870. The van der Waals surface area contributed by atoms with Gasteiger partial charge in [-0.25, -0.2) is 0 Å². The summed E-state index contributed by atoms with van der Waals surface area (Å²) in [7, 11) is 1.91. The summed E-state index contributed by atoms with van der Waals surface area (Å²) in [5.41, 5.74) is 7.95. The maximum atomic E-state index is 8.94. The van der Waals surface area contributed by atoms with Gasteiger partial charge in [-0.2, -0.15) is 5.10 Å². The third-order valence-electron chi connectivity index (χ3n) is 2.33. The van der Waals surface area contributed by atoms with Gasteiger partial charge in [0.2, 0.25) is 0 Å². The fraction of sp³-hybridized carbons (Fsp3) is 0.727. The zero-order chi connectivity index (χ0) is 11.6. The van der Waals surface area contributed by atoms with E-state index in [9.17, 15) is 0 Å². The van der Waals surface area contributed by atoms with E-state index >= 15 is 0 Å². The van der Waals surface area contributed by atoms with Gasteiger partial charge >= 0.3 is 0 Å². The minimum Gasteiger partial charge on any atom is -0.395 e. The molecule has 1 atom stereocenters. The molecule has 86 valence electrons. The molecule has 0 saturated heterocycles. The highest BCUT2D eigenvalue weighted by Crippen LogP contribution is 2.24. The number of hydrogen-bond donors (Lipinski definition) is 2. The molecule has 0 radical (unpaired) electrons. The smallest absolute Gasteiger partial charge is 0.0710 e. The standard InChI is InChI=1S/C11H21N3O/c1-11(2,3)10-8(5-9(12)7-15)6-14(4)13-10/h6,9,15H,5,7,12H2,1-4H3. The molecule has 1 aromatic heterocycles. The number of aliphatic hydroxyl groups is 1. The number of aryl methyl sites for hydroxylation is 1. The Labute approximate surface area is 91.1 Å². The molecule has 0 spiro atoms. The first kappa shape index (κ1) is 12.2. The monoisotopic (exact) mass is 211 g/mol. The van der Waals surface area contributed by atoms with Gasteiger partial charge in [-0.05, 0) is 12.0 Å². The Morgan fingerprint density at radius 3 is 2.60 bits per heavy atom. The third kappa shape index (κ3) is 3.04. The number of nitrogens with two attached hydrogens (primary N) is 1. The summed E-state index contributed by atoms with van der Waals surface area (Å²) in [4.78, 5) is 0. The van der Waals surface area contributed by atoms with E-state index in [0.29, 0.717) is 6.42 Å². The van der Waals surface area contributed by atoms with Crippen molar-refractivity contribution in [1.29, 1.82) is 0 Å². The third-order valence-corrected chi connectivity index (χ3v) is 2.33. The number of hydrogen-bond acceptors (Lipinski definition) is 3. The first-order valence-corrected chi connectivity index (χ1v) is 5.24. The van der Waals surface area contributed by atoms with Crippen molar-refractivity contribution in [3.05, 3.63) is 17.5 Å². The molecule has 15 heavy (non-hydrogen) atoms. The molecule has 0 aliphatic carbocycles. The highest BCUT2D eigenvalue weighted by molar-refractivity contribution is 5.24. The molecule has 1 heterocycles. The van der Waals surface area contributed by atoms with Crippen LogP contribution >= 0.6 is 0 Å². The SMILES string of the molecule is Cn1cc(CC(N)CO)c(C(C)(C)C)n1. The van der Waals surface area contributed by atoms with Gasteiger partial charge in [0.05, 0.1) is 12.3 Å². The summed E-state index contributed by atoms with van der Waals surface area (Å²) in [6.07, 6.45) is 2.66. The molecular formula is C11H21N3O. The average molecular weight is 211 g/mol. The molecule has 1 aromatic rings. The lowest BCUT2D eigenvalue weighted by atomic mass is 9.88. The lowest BCUT2D eigenvalue weighted by Crippen LogP contribution is -2.28. The van der Waals surface area contributed by atoms with Crippen LogP contribution in [0.5, 0.6) is 0 Å². The van der Waals surface area contributed by atoms with E-state index in [2.05, 4.69) is 25.9 Å². The number of aromatic nitrogens is 2. The van der Waals surface area contributed by atoms with Gasteiger partial charge in [0, 0.05) is 24.7 Å². The van der Waals surface area contributed by atoms with Crippen molar-refractivity contribution in [1.82, 2.24) is 9.78 Å². The van der Waals surface area contributed by atoms with E-state index < -0.39 is 0 Å². The highest BCUT2D eigenvalue weighted by Gasteiger charge is 2.22.